The van der Waals surface area contributed by atoms with Gasteiger partial charge in [-0.25, -0.2) is 0 Å². The van der Waals surface area contributed by atoms with Gasteiger partial charge in [0.05, 0.1) is 25.8 Å². The van der Waals surface area contributed by atoms with Crippen LogP contribution in [0.1, 0.15) is 37.3 Å². The first-order chi connectivity index (χ1) is 13.6. The molecule has 0 bridgehead atoms. The topological polar surface area (TPSA) is 79.0 Å². The highest BCUT2D eigenvalue weighted by molar-refractivity contribution is 5.81. The van der Waals surface area contributed by atoms with Crippen LogP contribution in [0.5, 0.6) is 5.75 Å². The molecular formula is C22H27N3O3. The third-order valence-electron chi connectivity index (χ3n) is 4.47. The van der Waals surface area contributed by atoms with Crippen molar-refractivity contribution in [1.29, 1.82) is 0 Å². The van der Waals surface area contributed by atoms with Gasteiger partial charge in [-0.15, -0.1) is 0 Å². The van der Waals surface area contributed by atoms with E-state index in [1.165, 1.54) is 0 Å². The van der Waals surface area contributed by atoms with E-state index in [1.807, 2.05) is 68.4 Å². The van der Waals surface area contributed by atoms with Crippen molar-refractivity contribution in [2.24, 2.45) is 4.99 Å². The normalized spacial score (nSPS) is 13.9. The summed E-state index contributed by atoms with van der Waals surface area (Å²) in [6.07, 6.45) is -0.716. The minimum atomic E-state index is -0.716. The maximum atomic E-state index is 10.5. The van der Waals surface area contributed by atoms with Gasteiger partial charge >= 0.3 is 0 Å². The van der Waals surface area contributed by atoms with Gasteiger partial charge < -0.3 is 24.9 Å². The summed E-state index contributed by atoms with van der Waals surface area (Å²) < 4.78 is 11.1. The number of para-hydroxylation sites is 1. The van der Waals surface area contributed by atoms with E-state index in [9.17, 15) is 5.11 Å². The average Bonchev–Trinajstić information content (AvgIpc) is 3.16. The quantitative estimate of drug-likeness (QED) is 0.429. The van der Waals surface area contributed by atoms with Crippen LogP contribution in [-0.4, -0.2) is 31.3 Å². The van der Waals surface area contributed by atoms with E-state index >= 15 is 0 Å². The van der Waals surface area contributed by atoms with E-state index in [-0.39, 0.29) is 12.6 Å². The Balaban J connectivity index is 1.69. The Morgan fingerprint density at radius 1 is 1.18 bits per heavy atom. The van der Waals surface area contributed by atoms with Gasteiger partial charge in [0.15, 0.2) is 5.96 Å². The molecule has 2 unspecified atom stereocenters. The number of nitrogens with one attached hydrogen (secondary N) is 2. The van der Waals surface area contributed by atoms with Crippen molar-refractivity contribution in [3.8, 4) is 5.75 Å². The summed E-state index contributed by atoms with van der Waals surface area (Å²) in [7, 11) is 1.61. The zero-order chi connectivity index (χ0) is 19.9. The van der Waals surface area contributed by atoms with Crippen LogP contribution in [0, 0.1) is 0 Å². The van der Waals surface area contributed by atoms with Gasteiger partial charge in [0, 0.05) is 11.9 Å². The lowest BCUT2D eigenvalue weighted by Gasteiger charge is -2.17. The van der Waals surface area contributed by atoms with Crippen LogP contribution < -0.4 is 15.4 Å². The molecule has 2 atom stereocenters. The van der Waals surface area contributed by atoms with Crippen molar-refractivity contribution in [3.05, 3.63) is 65.9 Å². The van der Waals surface area contributed by atoms with Crippen LogP contribution in [0.25, 0.3) is 11.0 Å². The number of nitrogens with zero attached hydrogens (tertiary/aromatic N) is 1. The number of methoxy groups -OCH3 is 1. The van der Waals surface area contributed by atoms with Crippen molar-refractivity contribution in [2.75, 3.05) is 20.2 Å². The fraction of sp³-hybridized carbons (Fsp3) is 0.318. The average molecular weight is 381 g/mol. The zero-order valence-electron chi connectivity index (χ0n) is 16.5. The Bertz CT molecular complexity index is 902. The Hall–Kier alpha value is -2.99. The van der Waals surface area contributed by atoms with Gasteiger partial charge in [-0.1, -0.05) is 30.3 Å². The lowest BCUT2D eigenvalue weighted by atomic mass is 10.1. The van der Waals surface area contributed by atoms with Gasteiger partial charge in [0.2, 0.25) is 0 Å². The smallest absolute Gasteiger partial charge is 0.191 e. The van der Waals surface area contributed by atoms with E-state index in [0.717, 1.165) is 22.3 Å². The summed E-state index contributed by atoms with van der Waals surface area (Å²) in [5, 5.41) is 18.1. The van der Waals surface area contributed by atoms with Gasteiger partial charge in [0.1, 0.15) is 17.1 Å². The third-order valence-corrected chi connectivity index (χ3v) is 4.47. The maximum Gasteiger partial charge on any atom is 0.191 e. The highest BCUT2D eigenvalue weighted by Gasteiger charge is 2.14. The van der Waals surface area contributed by atoms with E-state index in [1.54, 1.807) is 7.11 Å². The van der Waals surface area contributed by atoms with Crippen LogP contribution >= 0.6 is 0 Å². The van der Waals surface area contributed by atoms with Crippen molar-refractivity contribution in [2.45, 2.75) is 26.0 Å². The van der Waals surface area contributed by atoms with Crippen LogP contribution in [0.3, 0.4) is 0 Å². The van der Waals surface area contributed by atoms with Crippen molar-refractivity contribution in [1.82, 2.24) is 10.6 Å². The Kier molecular flexibility index (Phi) is 6.55. The number of hydrogen-bond acceptors (Lipinski definition) is 4. The van der Waals surface area contributed by atoms with Crippen LogP contribution in [-0.2, 0) is 0 Å². The summed E-state index contributed by atoms with van der Waals surface area (Å²) in [6, 6.07) is 17.3. The summed E-state index contributed by atoms with van der Waals surface area (Å²) in [5.41, 5.74) is 1.63. The predicted molar refractivity (Wildman–Crippen MR) is 112 cm³/mol. The molecule has 0 spiro atoms. The number of ether oxygens (including phenoxy) is 1. The molecule has 0 saturated carbocycles. The second-order valence-electron chi connectivity index (χ2n) is 6.56. The van der Waals surface area contributed by atoms with Crippen molar-refractivity contribution in [3.63, 3.8) is 0 Å². The molecule has 0 aliphatic heterocycles. The molecule has 6 nitrogen and oxygen atoms in total. The number of benzene rings is 2. The number of fused-ring (bicyclic) bond motifs is 1. The summed E-state index contributed by atoms with van der Waals surface area (Å²) in [4.78, 5) is 4.53. The monoisotopic (exact) mass is 381 g/mol. The number of aliphatic hydroxyl groups is 1. The standard InChI is InChI=1S/C22H27N3O3/c1-4-23-22(24-14-19(26)16-9-7-10-18(12-16)27-3)25-15(2)21-13-17-8-5-6-11-20(17)28-21/h5-13,15,19,26H,4,14H2,1-3H3,(H2,23,24,25). The van der Waals surface area contributed by atoms with E-state index in [2.05, 4.69) is 15.6 Å². The molecule has 1 aromatic heterocycles. The minimum Gasteiger partial charge on any atom is -0.497 e. The molecule has 3 N–H and O–H groups in total. The summed E-state index contributed by atoms with van der Waals surface area (Å²) in [6.45, 7) is 4.97. The highest BCUT2D eigenvalue weighted by atomic mass is 16.5. The first-order valence-electron chi connectivity index (χ1n) is 9.46. The molecule has 3 rings (SSSR count). The highest BCUT2D eigenvalue weighted by Crippen LogP contribution is 2.23. The first kappa shape index (κ1) is 19.8. The molecule has 2 aromatic carbocycles. The Morgan fingerprint density at radius 3 is 2.75 bits per heavy atom. The van der Waals surface area contributed by atoms with E-state index < -0.39 is 6.10 Å². The summed E-state index contributed by atoms with van der Waals surface area (Å²) in [5.74, 6) is 2.17. The second-order valence-corrected chi connectivity index (χ2v) is 6.56. The number of hydrogen-bond donors (Lipinski definition) is 3. The van der Waals surface area contributed by atoms with Crippen molar-refractivity contribution < 1.29 is 14.3 Å². The molecule has 6 heteroatoms. The molecule has 148 valence electrons. The largest absolute Gasteiger partial charge is 0.497 e. The number of aliphatic hydroxyl groups excluding tert-OH is 1. The predicted octanol–water partition coefficient (Wildman–Crippen LogP) is 3.79. The third kappa shape index (κ3) is 4.84. The van der Waals surface area contributed by atoms with Crippen LogP contribution in [0.4, 0.5) is 0 Å². The first-order valence-corrected chi connectivity index (χ1v) is 9.46. The number of rotatable bonds is 7. The summed E-state index contributed by atoms with van der Waals surface area (Å²) >= 11 is 0. The maximum absolute atomic E-state index is 10.5. The fourth-order valence-corrected chi connectivity index (χ4v) is 2.94. The van der Waals surface area contributed by atoms with Gasteiger partial charge in [0.25, 0.3) is 0 Å². The molecule has 1 heterocycles. The minimum absolute atomic E-state index is 0.0702. The number of furan rings is 1. The van der Waals surface area contributed by atoms with Gasteiger partial charge in [-0.3, -0.25) is 4.99 Å². The van der Waals surface area contributed by atoms with Crippen LogP contribution in [0.2, 0.25) is 0 Å². The SMILES string of the molecule is CCNC(=NCC(O)c1cccc(OC)c1)NC(C)c1cc2ccccc2o1. The van der Waals surface area contributed by atoms with Gasteiger partial charge in [-0.05, 0) is 43.7 Å². The number of aliphatic imine (C=N–C) groups is 1. The van der Waals surface area contributed by atoms with Crippen LogP contribution in [0.15, 0.2) is 64.0 Å². The van der Waals surface area contributed by atoms with Gasteiger partial charge in [-0.2, -0.15) is 0 Å². The molecule has 0 aliphatic rings. The lowest BCUT2D eigenvalue weighted by Crippen LogP contribution is -2.39. The molecule has 0 aliphatic carbocycles. The Morgan fingerprint density at radius 2 is 2.00 bits per heavy atom. The molecule has 0 fully saturated rings. The van der Waals surface area contributed by atoms with E-state index in [4.69, 9.17) is 9.15 Å². The molecular weight excluding hydrogens is 354 g/mol. The van der Waals surface area contributed by atoms with E-state index in [0.29, 0.717) is 18.3 Å². The molecule has 0 radical (unpaired) electrons. The number of guanidine groups is 1. The van der Waals surface area contributed by atoms with Crippen molar-refractivity contribution >= 4 is 16.9 Å². The second kappa shape index (κ2) is 9.28. The molecule has 3 aromatic rings. The molecule has 28 heavy (non-hydrogen) atoms. The molecule has 0 saturated heterocycles. The zero-order valence-corrected chi connectivity index (χ0v) is 16.5. The lowest BCUT2D eigenvalue weighted by molar-refractivity contribution is 0.186. The fourth-order valence-electron chi connectivity index (χ4n) is 2.94. The Labute approximate surface area is 165 Å². The molecule has 0 amide bonds.